The van der Waals surface area contributed by atoms with E-state index in [1.54, 1.807) is 23.7 Å². The van der Waals surface area contributed by atoms with Crippen LogP contribution in [0.5, 0.6) is 0 Å². The zero-order chi connectivity index (χ0) is 20.7. The van der Waals surface area contributed by atoms with Crippen LogP contribution in [0.4, 0.5) is 10.2 Å². The smallest absolute Gasteiger partial charge is 0.296 e. The zero-order valence-electron chi connectivity index (χ0n) is 16.3. The van der Waals surface area contributed by atoms with E-state index in [2.05, 4.69) is 20.5 Å². The Morgan fingerprint density at radius 1 is 1.00 bits per heavy atom. The van der Waals surface area contributed by atoms with Gasteiger partial charge in [-0.1, -0.05) is 18.2 Å². The second-order valence-electron chi connectivity index (χ2n) is 7.30. The molecule has 8 heteroatoms. The molecule has 1 fully saturated rings. The molecule has 1 aliphatic rings. The number of anilines is 1. The molecule has 2 aromatic carbocycles. The molecular formula is C22H19FN6O. The Kier molecular flexibility index (Phi) is 4.39. The molecule has 1 amide bonds. The van der Waals surface area contributed by atoms with Gasteiger partial charge >= 0.3 is 0 Å². The van der Waals surface area contributed by atoms with Crippen molar-refractivity contribution in [3.63, 3.8) is 0 Å². The van der Waals surface area contributed by atoms with E-state index >= 15 is 0 Å². The summed E-state index contributed by atoms with van der Waals surface area (Å²) in [7, 11) is 0. The number of hydrogen-bond donors (Lipinski definition) is 1. The summed E-state index contributed by atoms with van der Waals surface area (Å²) >= 11 is 0. The molecule has 0 radical (unpaired) electrons. The first-order valence-corrected chi connectivity index (χ1v) is 9.75. The summed E-state index contributed by atoms with van der Waals surface area (Å²) in [5.74, 6) is 0.814. The van der Waals surface area contributed by atoms with Crippen LogP contribution in [0.15, 0.2) is 60.7 Å². The molecule has 30 heavy (non-hydrogen) atoms. The van der Waals surface area contributed by atoms with Crippen LogP contribution in [0.3, 0.4) is 0 Å². The second-order valence-corrected chi connectivity index (χ2v) is 7.30. The molecule has 150 valence electrons. The van der Waals surface area contributed by atoms with Crippen LogP contribution in [0.2, 0.25) is 0 Å². The van der Waals surface area contributed by atoms with Crippen molar-refractivity contribution in [3.8, 4) is 11.4 Å². The standard InChI is InChI=1S/C22H19FN6O/c1-14-24-21(27-28(14)18-11-9-16(23)10-12-18)22(30)25-20-13-19(15-7-8-15)26-29(20)17-5-3-2-4-6-17/h2-6,9-13,15H,7-8H2,1H3,(H,25,30). The molecule has 7 nitrogen and oxygen atoms in total. The molecule has 1 N–H and O–H groups in total. The van der Waals surface area contributed by atoms with Crippen molar-refractivity contribution in [1.29, 1.82) is 0 Å². The summed E-state index contributed by atoms with van der Waals surface area (Å²) in [6.45, 7) is 1.74. The number of rotatable bonds is 5. The summed E-state index contributed by atoms with van der Waals surface area (Å²) in [5.41, 5.74) is 2.46. The minimum atomic E-state index is -0.432. The fraction of sp³-hybridized carbons (Fsp3) is 0.182. The largest absolute Gasteiger partial charge is 0.304 e. The van der Waals surface area contributed by atoms with Gasteiger partial charge in [-0.2, -0.15) is 5.10 Å². The molecular weight excluding hydrogens is 383 g/mol. The number of nitrogens with one attached hydrogen (secondary N) is 1. The summed E-state index contributed by atoms with van der Waals surface area (Å²) in [5, 5.41) is 11.9. The number of nitrogens with zero attached hydrogens (tertiary/aromatic N) is 5. The molecule has 1 aliphatic carbocycles. The lowest BCUT2D eigenvalue weighted by Crippen LogP contribution is -2.17. The van der Waals surface area contributed by atoms with Crippen molar-refractivity contribution in [2.75, 3.05) is 5.32 Å². The fourth-order valence-corrected chi connectivity index (χ4v) is 3.32. The Balaban J connectivity index is 1.45. The van der Waals surface area contributed by atoms with Crippen LogP contribution < -0.4 is 5.32 Å². The lowest BCUT2D eigenvalue weighted by molar-refractivity contribution is 0.101. The molecule has 0 spiro atoms. The summed E-state index contributed by atoms with van der Waals surface area (Å²) in [4.78, 5) is 17.2. The molecule has 2 heterocycles. The van der Waals surface area contributed by atoms with Gasteiger partial charge in [-0.3, -0.25) is 4.79 Å². The Morgan fingerprint density at radius 2 is 1.70 bits per heavy atom. The van der Waals surface area contributed by atoms with Crippen molar-refractivity contribution in [2.24, 2.45) is 0 Å². The van der Waals surface area contributed by atoms with Crippen molar-refractivity contribution in [3.05, 3.63) is 83.8 Å². The van der Waals surface area contributed by atoms with Gasteiger partial charge in [0.15, 0.2) is 0 Å². The van der Waals surface area contributed by atoms with E-state index in [0.717, 1.165) is 24.2 Å². The van der Waals surface area contributed by atoms with Gasteiger partial charge in [-0.05, 0) is 56.2 Å². The van der Waals surface area contributed by atoms with Gasteiger partial charge in [0.05, 0.1) is 17.1 Å². The maximum absolute atomic E-state index is 13.2. The van der Waals surface area contributed by atoms with E-state index in [1.807, 2.05) is 36.4 Å². The minimum Gasteiger partial charge on any atom is -0.304 e. The fourth-order valence-electron chi connectivity index (χ4n) is 3.32. The van der Waals surface area contributed by atoms with Gasteiger partial charge in [0.1, 0.15) is 17.5 Å². The maximum Gasteiger partial charge on any atom is 0.296 e. The van der Waals surface area contributed by atoms with Crippen molar-refractivity contribution in [2.45, 2.75) is 25.7 Å². The predicted octanol–water partition coefficient (Wildman–Crippen LogP) is 4.03. The quantitative estimate of drug-likeness (QED) is 0.547. The van der Waals surface area contributed by atoms with Crippen molar-refractivity contribution < 1.29 is 9.18 Å². The third-order valence-corrected chi connectivity index (χ3v) is 5.01. The highest BCUT2D eigenvalue weighted by atomic mass is 19.1. The molecule has 0 bridgehead atoms. The van der Waals surface area contributed by atoms with Crippen LogP contribution in [0.25, 0.3) is 11.4 Å². The van der Waals surface area contributed by atoms with Crippen LogP contribution in [-0.4, -0.2) is 30.5 Å². The second kappa shape index (κ2) is 7.22. The lowest BCUT2D eigenvalue weighted by Gasteiger charge is -2.07. The van der Waals surface area contributed by atoms with Gasteiger partial charge < -0.3 is 5.32 Å². The molecule has 5 rings (SSSR count). The van der Waals surface area contributed by atoms with Gasteiger partial charge in [-0.15, -0.1) is 5.10 Å². The van der Waals surface area contributed by atoms with Crippen molar-refractivity contribution >= 4 is 11.7 Å². The number of aryl methyl sites for hydroxylation is 1. The molecule has 0 atom stereocenters. The topological polar surface area (TPSA) is 77.6 Å². The normalized spacial score (nSPS) is 13.4. The van der Waals surface area contributed by atoms with Gasteiger partial charge in [0, 0.05) is 12.0 Å². The van der Waals surface area contributed by atoms with Gasteiger partial charge in [0.2, 0.25) is 5.82 Å². The summed E-state index contributed by atoms with van der Waals surface area (Å²) in [6.07, 6.45) is 2.23. The van der Waals surface area contributed by atoms with Gasteiger partial charge in [-0.25, -0.2) is 18.7 Å². The Bertz CT molecular complexity index is 1210. The molecule has 1 saturated carbocycles. The Morgan fingerprint density at radius 3 is 2.40 bits per heavy atom. The van der Waals surface area contributed by atoms with E-state index in [0.29, 0.717) is 23.2 Å². The van der Waals surface area contributed by atoms with Gasteiger partial charge in [0.25, 0.3) is 5.91 Å². The Hall–Kier alpha value is -3.81. The number of carbonyl (C=O) groups excluding carboxylic acids is 1. The average Bonchev–Trinajstić information content (AvgIpc) is 3.41. The predicted molar refractivity (Wildman–Crippen MR) is 110 cm³/mol. The molecule has 4 aromatic rings. The van der Waals surface area contributed by atoms with E-state index in [4.69, 9.17) is 0 Å². The summed E-state index contributed by atoms with van der Waals surface area (Å²) in [6, 6.07) is 17.4. The lowest BCUT2D eigenvalue weighted by atomic mass is 10.3. The highest BCUT2D eigenvalue weighted by molar-refractivity contribution is 6.01. The third kappa shape index (κ3) is 3.47. The molecule has 0 unspecified atom stereocenters. The number of amides is 1. The first-order valence-electron chi connectivity index (χ1n) is 9.75. The van der Waals surface area contributed by atoms with Crippen LogP contribution in [0.1, 0.15) is 40.9 Å². The first-order chi connectivity index (χ1) is 14.6. The monoisotopic (exact) mass is 402 g/mol. The number of para-hydroxylation sites is 1. The number of benzene rings is 2. The van der Waals surface area contributed by atoms with E-state index in [1.165, 1.54) is 16.8 Å². The van der Waals surface area contributed by atoms with E-state index < -0.39 is 5.91 Å². The van der Waals surface area contributed by atoms with Crippen LogP contribution in [0, 0.1) is 12.7 Å². The number of hydrogen-bond acceptors (Lipinski definition) is 4. The number of halogens is 1. The van der Waals surface area contributed by atoms with E-state index in [-0.39, 0.29) is 11.6 Å². The van der Waals surface area contributed by atoms with Crippen molar-refractivity contribution in [1.82, 2.24) is 24.5 Å². The summed E-state index contributed by atoms with van der Waals surface area (Å²) < 4.78 is 16.4. The molecule has 2 aromatic heterocycles. The number of aromatic nitrogens is 5. The maximum atomic E-state index is 13.2. The molecule has 0 aliphatic heterocycles. The average molecular weight is 402 g/mol. The minimum absolute atomic E-state index is 0.0330. The zero-order valence-corrected chi connectivity index (χ0v) is 16.3. The highest BCUT2D eigenvalue weighted by Crippen LogP contribution is 2.40. The highest BCUT2D eigenvalue weighted by Gasteiger charge is 2.28. The molecule has 0 saturated heterocycles. The van der Waals surface area contributed by atoms with Crippen LogP contribution in [-0.2, 0) is 0 Å². The number of carbonyl (C=O) groups is 1. The third-order valence-electron chi connectivity index (χ3n) is 5.01. The SMILES string of the molecule is Cc1nc(C(=O)Nc2cc(C3CC3)nn2-c2ccccc2)nn1-c1ccc(F)cc1. The first kappa shape index (κ1) is 18.2. The van der Waals surface area contributed by atoms with Crippen LogP contribution >= 0.6 is 0 Å². The van der Waals surface area contributed by atoms with E-state index in [9.17, 15) is 9.18 Å². The Labute approximate surface area is 172 Å².